The van der Waals surface area contributed by atoms with Crippen LogP contribution in [0.4, 0.5) is 0 Å². The highest BCUT2D eigenvalue weighted by atomic mass is 16.6. The van der Waals surface area contributed by atoms with Gasteiger partial charge in [-0.3, -0.25) is 4.79 Å². The van der Waals surface area contributed by atoms with E-state index in [-0.39, 0.29) is 18.0 Å². The van der Waals surface area contributed by atoms with Crippen molar-refractivity contribution in [2.75, 3.05) is 7.05 Å². The Hall–Kier alpha value is -0.830. The molecule has 0 spiro atoms. The smallest absolute Gasteiger partial charge is 0.309 e. The second-order valence-electron chi connectivity index (χ2n) is 9.20. The van der Waals surface area contributed by atoms with Gasteiger partial charge in [-0.1, -0.05) is 30.9 Å². The summed E-state index contributed by atoms with van der Waals surface area (Å²) < 4.78 is 5.68. The molecule has 0 amide bonds. The molecular weight excluding hydrogens is 310 g/mol. The monoisotopic (exact) mass is 345 g/mol. The van der Waals surface area contributed by atoms with Gasteiger partial charge in [0.25, 0.3) is 0 Å². The van der Waals surface area contributed by atoms with Gasteiger partial charge in [0.15, 0.2) is 0 Å². The van der Waals surface area contributed by atoms with E-state index in [2.05, 4.69) is 31.9 Å². The molecule has 4 aliphatic rings. The van der Waals surface area contributed by atoms with Gasteiger partial charge in [-0.2, -0.15) is 0 Å². The molecule has 3 heteroatoms. The number of cyclic esters (lactones) is 1. The lowest BCUT2D eigenvalue weighted by atomic mass is 9.60. The number of hydrogen-bond donors (Lipinski definition) is 0. The summed E-state index contributed by atoms with van der Waals surface area (Å²) in [6.07, 6.45) is 14.2. The van der Waals surface area contributed by atoms with Crippen LogP contribution in [0.5, 0.6) is 0 Å². The van der Waals surface area contributed by atoms with Gasteiger partial charge in [-0.15, -0.1) is 0 Å². The Labute approximate surface area is 153 Å². The molecule has 2 aliphatic carbocycles. The number of carbonyl (C=O) groups is 1. The molecule has 0 aromatic heterocycles. The highest BCUT2D eigenvalue weighted by Gasteiger charge is 2.51. The number of rotatable bonds is 2. The lowest BCUT2D eigenvalue weighted by Gasteiger charge is -2.43. The van der Waals surface area contributed by atoms with Gasteiger partial charge in [0.2, 0.25) is 0 Å². The van der Waals surface area contributed by atoms with Crippen LogP contribution in [-0.4, -0.2) is 36.1 Å². The number of likely N-dealkylation sites (tertiary alicyclic amines) is 1. The highest BCUT2D eigenvalue weighted by molar-refractivity contribution is 5.76. The van der Waals surface area contributed by atoms with E-state index in [1.54, 1.807) is 5.57 Å². The van der Waals surface area contributed by atoms with Crippen LogP contribution in [-0.2, 0) is 9.53 Å². The first-order valence-corrected chi connectivity index (χ1v) is 10.7. The molecule has 4 rings (SSSR count). The van der Waals surface area contributed by atoms with Crippen molar-refractivity contribution in [3.05, 3.63) is 11.6 Å². The van der Waals surface area contributed by atoms with E-state index in [1.165, 1.54) is 44.9 Å². The molecule has 2 saturated heterocycles. The summed E-state index contributed by atoms with van der Waals surface area (Å²) in [5.41, 5.74) is 1.60. The topological polar surface area (TPSA) is 29.5 Å². The molecule has 0 unspecified atom stereocenters. The lowest BCUT2D eigenvalue weighted by molar-refractivity contribution is -0.144. The fraction of sp³-hybridized carbons (Fsp3) is 0.864. The molecular formula is C22H35NO2. The molecule has 2 saturated carbocycles. The van der Waals surface area contributed by atoms with Crippen molar-refractivity contribution in [1.29, 1.82) is 0 Å². The average molecular weight is 346 g/mol. The summed E-state index contributed by atoms with van der Waals surface area (Å²) in [4.78, 5) is 15.0. The van der Waals surface area contributed by atoms with E-state index in [4.69, 9.17) is 4.74 Å². The molecule has 0 aromatic carbocycles. The van der Waals surface area contributed by atoms with Crippen LogP contribution in [0.2, 0.25) is 0 Å². The standard InChI is InChI=1S/C22H35NO2/c1-14-7-6-9-17(23(14)3)11-12-19-18-10-5-4-8-16(18)13-20-21(19)15(2)25-22(20)24/h12,14-18,20-21H,4-11,13H2,1-3H3/b19-12-/t14-,15-,16+,17+,18-,20-,21+/m0/s1. The van der Waals surface area contributed by atoms with E-state index in [0.29, 0.717) is 18.0 Å². The number of fused-ring (bicyclic) bond motifs is 2. The minimum absolute atomic E-state index is 0.0784. The molecule has 140 valence electrons. The van der Waals surface area contributed by atoms with Gasteiger partial charge in [0.05, 0.1) is 5.92 Å². The third-order valence-electron chi connectivity index (χ3n) is 7.88. The second-order valence-corrected chi connectivity index (χ2v) is 9.20. The zero-order valence-electron chi connectivity index (χ0n) is 16.2. The predicted molar refractivity (Wildman–Crippen MR) is 100 cm³/mol. The maximum atomic E-state index is 12.4. The Morgan fingerprint density at radius 2 is 1.88 bits per heavy atom. The van der Waals surface area contributed by atoms with Crippen LogP contribution in [0.15, 0.2) is 11.6 Å². The number of ether oxygens (including phenoxy) is 1. The number of carbonyl (C=O) groups excluding carboxylic acids is 1. The largest absolute Gasteiger partial charge is 0.462 e. The number of hydrogen-bond acceptors (Lipinski definition) is 3. The van der Waals surface area contributed by atoms with Gasteiger partial charge in [-0.25, -0.2) is 0 Å². The minimum Gasteiger partial charge on any atom is -0.462 e. The SMILES string of the molecule is C[C@@H]1OC(=O)[C@H]2C[C@H]3CCCC[C@@H]3/C(=C/C[C@H]3CCC[C@H](C)N3C)[C@@H]12. The summed E-state index contributed by atoms with van der Waals surface area (Å²) in [7, 11) is 2.30. The summed E-state index contributed by atoms with van der Waals surface area (Å²) in [6.45, 7) is 4.48. The van der Waals surface area contributed by atoms with Crippen LogP contribution < -0.4 is 0 Å². The van der Waals surface area contributed by atoms with Crippen molar-refractivity contribution < 1.29 is 9.53 Å². The van der Waals surface area contributed by atoms with Crippen molar-refractivity contribution in [2.45, 2.75) is 89.8 Å². The second kappa shape index (κ2) is 7.06. The molecule has 4 fully saturated rings. The van der Waals surface area contributed by atoms with Crippen LogP contribution in [0, 0.1) is 23.7 Å². The van der Waals surface area contributed by atoms with E-state index in [9.17, 15) is 4.79 Å². The minimum atomic E-state index is 0.0784. The first kappa shape index (κ1) is 17.6. The summed E-state index contributed by atoms with van der Waals surface area (Å²) in [6, 6.07) is 1.38. The maximum absolute atomic E-state index is 12.4. The van der Waals surface area contributed by atoms with Gasteiger partial charge in [0, 0.05) is 18.0 Å². The van der Waals surface area contributed by atoms with Gasteiger partial charge in [0.1, 0.15) is 6.10 Å². The van der Waals surface area contributed by atoms with Crippen molar-refractivity contribution in [3.8, 4) is 0 Å². The van der Waals surface area contributed by atoms with Crippen molar-refractivity contribution >= 4 is 5.97 Å². The third-order valence-corrected chi connectivity index (χ3v) is 7.88. The molecule has 2 heterocycles. The Morgan fingerprint density at radius 1 is 1.08 bits per heavy atom. The quantitative estimate of drug-likeness (QED) is 0.542. The highest BCUT2D eigenvalue weighted by Crippen LogP contribution is 2.52. The Morgan fingerprint density at radius 3 is 2.72 bits per heavy atom. The van der Waals surface area contributed by atoms with Crippen LogP contribution in [0.3, 0.4) is 0 Å². The van der Waals surface area contributed by atoms with Crippen molar-refractivity contribution in [2.24, 2.45) is 23.7 Å². The first-order chi connectivity index (χ1) is 12.1. The lowest BCUT2D eigenvalue weighted by Crippen LogP contribution is -2.42. The Bertz CT molecular complexity index is 542. The molecule has 2 aliphatic heterocycles. The molecule has 7 atom stereocenters. The molecule has 0 aromatic rings. The fourth-order valence-electron chi connectivity index (χ4n) is 6.33. The number of nitrogens with zero attached hydrogens (tertiary/aromatic N) is 1. The zero-order chi connectivity index (χ0) is 17.6. The number of piperidine rings is 1. The normalized spacial score (nSPS) is 46.6. The fourth-order valence-corrected chi connectivity index (χ4v) is 6.33. The van der Waals surface area contributed by atoms with Crippen LogP contribution >= 0.6 is 0 Å². The van der Waals surface area contributed by atoms with E-state index < -0.39 is 0 Å². The van der Waals surface area contributed by atoms with E-state index >= 15 is 0 Å². The Kier molecular flexibility index (Phi) is 4.96. The molecule has 0 N–H and O–H groups in total. The van der Waals surface area contributed by atoms with E-state index in [1.807, 2.05) is 0 Å². The third kappa shape index (κ3) is 3.18. The number of esters is 1. The molecule has 0 bridgehead atoms. The zero-order valence-corrected chi connectivity index (χ0v) is 16.2. The Balaban J connectivity index is 1.58. The van der Waals surface area contributed by atoms with E-state index in [0.717, 1.165) is 24.7 Å². The summed E-state index contributed by atoms with van der Waals surface area (Å²) in [5, 5.41) is 0. The molecule has 0 radical (unpaired) electrons. The molecule has 3 nitrogen and oxygen atoms in total. The van der Waals surface area contributed by atoms with Crippen molar-refractivity contribution in [3.63, 3.8) is 0 Å². The van der Waals surface area contributed by atoms with Gasteiger partial charge >= 0.3 is 5.97 Å². The van der Waals surface area contributed by atoms with Gasteiger partial charge < -0.3 is 9.64 Å². The van der Waals surface area contributed by atoms with Crippen molar-refractivity contribution in [1.82, 2.24) is 4.90 Å². The average Bonchev–Trinajstić information content (AvgIpc) is 2.89. The molecule has 25 heavy (non-hydrogen) atoms. The van der Waals surface area contributed by atoms with Gasteiger partial charge in [-0.05, 0) is 71.3 Å². The summed E-state index contributed by atoms with van der Waals surface area (Å²) >= 11 is 0. The van der Waals surface area contributed by atoms with Crippen LogP contribution in [0.25, 0.3) is 0 Å². The predicted octanol–water partition coefficient (Wildman–Crippen LogP) is 4.56. The summed E-state index contributed by atoms with van der Waals surface area (Å²) in [5.74, 6) is 2.03. The maximum Gasteiger partial charge on any atom is 0.309 e. The van der Waals surface area contributed by atoms with Crippen LogP contribution in [0.1, 0.15) is 71.6 Å². The first-order valence-electron chi connectivity index (χ1n) is 10.7.